The van der Waals surface area contributed by atoms with Crippen molar-refractivity contribution in [3.05, 3.63) is 18.2 Å². The number of aliphatic imine (C=N–C) groups is 1. The van der Waals surface area contributed by atoms with Crippen molar-refractivity contribution in [2.45, 2.75) is 34.1 Å². The Morgan fingerprint density at radius 1 is 1.23 bits per heavy atom. The van der Waals surface area contributed by atoms with Gasteiger partial charge in [-0.15, -0.1) is 0 Å². The molecule has 0 aromatic heterocycles. The van der Waals surface area contributed by atoms with Crippen LogP contribution in [-0.2, 0) is 0 Å². The predicted octanol–water partition coefficient (Wildman–Crippen LogP) is 3.52. The van der Waals surface area contributed by atoms with E-state index in [-0.39, 0.29) is 0 Å². The normalized spacial score (nSPS) is 11.5. The van der Waals surface area contributed by atoms with Crippen molar-refractivity contribution in [2.24, 2.45) is 10.9 Å². The molecule has 124 valence electrons. The molecule has 22 heavy (non-hydrogen) atoms. The van der Waals surface area contributed by atoms with E-state index in [1.807, 2.05) is 25.1 Å². The molecular formula is C17H29N3O2. The molecular weight excluding hydrogens is 278 g/mol. The van der Waals surface area contributed by atoms with Crippen LogP contribution < -0.4 is 20.1 Å². The molecule has 0 radical (unpaired) electrons. The fraction of sp³-hybridized carbons (Fsp3) is 0.588. The van der Waals surface area contributed by atoms with Gasteiger partial charge in [-0.25, -0.2) is 0 Å². The summed E-state index contributed by atoms with van der Waals surface area (Å²) in [6.45, 7) is 10.7. The predicted molar refractivity (Wildman–Crippen MR) is 93.2 cm³/mol. The lowest BCUT2D eigenvalue weighted by Gasteiger charge is -2.14. The molecule has 0 amide bonds. The molecule has 1 aromatic rings. The smallest absolute Gasteiger partial charge is 0.195 e. The number of hydrogen-bond acceptors (Lipinski definition) is 3. The maximum atomic E-state index is 5.53. The molecule has 0 saturated carbocycles. The molecule has 1 rings (SSSR count). The van der Waals surface area contributed by atoms with Crippen LogP contribution in [0.15, 0.2) is 23.2 Å². The number of hydrogen-bond donors (Lipinski definition) is 2. The third-order valence-corrected chi connectivity index (χ3v) is 3.05. The largest absolute Gasteiger partial charge is 0.493 e. The van der Waals surface area contributed by atoms with Crippen molar-refractivity contribution >= 4 is 11.6 Å². The Bertz CT molecular complexity index is 473. The van der Waals surface area contributed by atoms with Gasteiger partial charge in [0.2, 0.25) is 0 Å². The molecule has 0 fully saturated rings. The van der Waals surface area contributed by atoms with Gasteiger partial charge in [-0.1, -0.05) is 13.8 Å². The quantitative estimate of drug-likeness (QED) is 0.570. The second-order valence-electron chi connectivity index (χ2n) is 5.37. The maximum absolute atomic E-state index is 5.53. The molecule has 0 spiro atoms. The lowest BCUT2D eigenvalue weighted by atomic mass is 10.1. The summed E-state index contributed by atoms with van der Waals surface area (Å²) in [6, 6.07) is 5.78. The van der Waals surface area contributed by atoms with Gasteiger partial charge in [0.05, 0.1) is 13.7 Å². The standard InChI is InChI=1S/C17H29N3O2/c1-6-18-17(19-11-10-13(3)4)20-14-8-9-15(22-7-2)16(12-14)21-5/h8-9,12-13H,6-7,10-11H2,1-5H3,(H2,18,19,20). The molecule has 5 heteroatoms. The minimum absolute atomic E-state index is 0.614. The average molecular weight is 307 g/mol. The van der Waals surface area contributed by atoms with E-state index in [1.165, 1.54) is 0 Å². The molecule has 2 N–H and O–H groups in total. The van der Waals surface area contributed by atoms with Gasteiger partial charge in [-0.05, 0) is 38.3 Å². The second-order valence-corrected chi connectivity index (χ2v) is 5.37. The fourth-order valence-electron chi connectivity index (χ4n) is 1.90. The zero-order valence-corrected chi connectivity index (χ0v) is 14.4. The monoisotopic (exact) mass is 307 g/mol. The molecule has 0 unspecified atom stereocenters. The van der Waals surface area contributed by atoms with Crippen molar-refractivity contribution in [2.75, 3.05) is 32.1 Å². The van der Waals surface area contributed by atoms with E-state index in [1.54, 1.807) is 7.11 Å². The number of ether oxygens (including phenoxy) is 2. The Hall–Kier alpha value is -1.91. The van der Waals surface area contributed by atoms with Crippen LogP contribution in [0, 0.1) is 5.92 Å². The van der Waals surface area contributed by atoms with Gasteiger partial charge < -0.3 is 20.1 Å². The summed E-state index contributed by atoms with van der Waals surface area (Å²) >= 11 is 0. The summed E-state index contributed by atoms with van der Waals surface area (Å²) in [7, 11) is 1.64. The summed E-state index contributed by atoms with van der Waals surface area (Å²) in [5, 5.41) is 6.55. The van der Waals surface area contributed by atoms with Gasteiger partial charge in [0, 0.05) is 24.8 Å². The van der Waals surface area contributed by atoms with Gasteiger partial charge in [-0.3, -0.25) is 4.99 Å². The Balaban J connectivity index is 2.79. The van der Waals surface area contributed by atoms with Gasteiger partial charge in [0.15, 0.2) is 17.5 Å². The third kappa shape index (κ3) is 6.24. The number of nitrogens with zero attached hydrogens (tertiary/aromatic N) is 1. The van der Waals surface area contributed by atoms with E-state index in [9.17, 15) is 0 Å². The highest BCUT2D eigenvalue weighted by Gasteiger charge is 2.06. The van der Waals surface area contributed by atoms with Crippen LogP contribution in [0.5, 0.6) is 11.5 Å². The summed E-state index contributed by atoms with van der Waals surface area (Å²) in [4.78, 5) is 4.59. The third-order valence-electron chi connectivity index (χ3n) is 3.05. The van der Waals surface area contributed by atoms with Crippen LogP contribution in [-0.4, -0.2) is 32.8 Å². The number of nitrogens with one attached hydrogen (secondary N) is 2. The molecule has 0 aliphatic carbocycles. The van der Waals surface area contributed by atoms with Gasteiger partial charge in [0.1, 0.15) is 0 Å². The van der Waals surface area contributed by atoms with E-state index in [4.69, 9.17) is 9.47 Å². The topological polar surface area (TPSA) is 54.9 Å². The number of rotatable bonds is 8. The number of guanidine groups is 1. The van der Waals surface area contributed by atoms with Crippen LogP contribution in [0.2, 0.25) is 0 Å². The summed E-state index contributed by atoms with van der Waals surface area (Å²) < 4.78 is 10.9. The van der Waals surface area contributed by atoms with Crippen molar-refractivity contribution in [3.8, 4) is 11.5 Å². The second kappa shape index (κ2) is 9.92. The van der Waals surface area contributed by atoms with Crippen LogP contribution in [0.3, 0.4) is 0 Å². The highest BCUT2D eigenvalue weighted by atomic mass is 16.5. The zero-order valence-electron chi connectivity index (χ0n) is 14.4. The van der Waals surface area contributed by atoms with E-state index >= 15 is 0 Å². The van der Waals surface area contributed by atoms with Crippen LogP contribution in [0.4, 0.5) is 5.69 Å². The minimum Gasteiger partial charge on any atom is -0.493 e. The first-order valence-electron chi connectivity index (χ1n) is 7.96. The van der Waals surface area contributed by atoms with Crippen LogP contribution in [0.25, 0.3) is 0 Å². The van der Waals surface area contributed by atoms with E-state index in [0.717, 1.165) is 36.9 Å². The van der Waals surface area contributed by atoms with E-state index in [0.29, 0.717) is 18.3 Å². The first-order chi connectivity index (χ1) is 10.6. The lowest BCUT2D eigenvalue weighted by Crippen LogP contribution is -2.30. The molecule has 0 aliphatic rings. The Morgan fingerprint density at radius 2 is 2.00 bits per heavy atom. The number of benzene rings is 1. The minimum atomic E-state index is 0.614. The first-order valence-corrected chi connectivity index (χ1v) is 7.96. The SMILES string of the molecule is CCNC(=NCCC(C)C)Nc1ccc(OCC)c(OC)c1. The van der Waals surface area contributed by atoms with Crippen LogP contribution >= 0.6 is 0 Å². The van der Waals surface area contributed by atoms with Gasteiger partial charge in [-0.2, -0.15) is 0 Å². The number of methoxy groups -OCH3 is 1. The molecule has 5 nitrogen and oxygen atoms in total. The Morgan fingerprint density at radius 3 is 2.59 bits per heavy atom. The molecule has 0 atom stereocenters. The van der Waals surface area contributed by atoms with Gasteiger partial charge >= 0.3 is 0 Å². The lowest BCUT2D eigenvalue weighted by molar-refractivity contribution is 0.311. The summed E-state index contributed by atoms with van der Waals surface area (Å²) in [6.07, 6.45) is 1.07. The fourth-order valence-corrected chi connectivity index (χ4v) is 1.90. The molecule has 0 saturated heterocycles. The van der Waals surface area contributed by atoms with Crippen molar-refractivity contribution in [3.63, 3.8) is 0 Å². The first kappa shape index (κ1) is 18.1. The Labute approximate surface area is 134 Å². The maximum Gasteiger partial charge on any atom is 0.195 e. The number of anilines is 1. The highest BCUT2D eigenvalue weighted by Crippen LogP contribution is 2.30. The molecule has 0 bridgehead atoms. The molecule has 0 aliphatic heterocycles. The van der Waals surface area contributed by atoms with E-state index in [2.05, 4.69) is 36.4 Å². The van der Waals surface area contributed by atoms with E-state index < -0.39 is 0 Å². The van der Waals surface area contributed by atoms with Crippen molar-refractivity contribution < 1.29 is 9.47 Å². The zero-order chi connectivity index (χ0) is 16.4. The summed E-state index contributed by atoms with van der Waals surface area (Å²) in [5.41, 5.74) is 0.921. The highest BCUT2D eigenvalue weighted by molar-refractivity contribution is 5.93. The Kier molecular flexibility index (Phi) is 8.18. The average Bonchev–Trinajstić information content (AvgIpc) is 2.48. The molecule has 1 aromatic carbocycles. The van der Waals surface area contributed by atoms with Gasteiger partial charge in [0.25, 0.3) is 0 Å². The van der Waals surface area contributed by atoms with Crippen molar-refractivity contribution in [1.82, 2.24) is 5.32 Å². The summed E-state index contributed by atoms with van der Waals surface area (Å²) in [5.74, 6) is 2.90. The van der Waals surface area contributed by atoms with Crippen molar-refractivity contribution in [1.29, 1.82) is 0 Å². The molecule has 0 heterocycles. The van der Waals surface area contributed by atoms with Crippen LogP contribution in [0.1, 0.15) is 34.1 Å².